The number of rotatable bonds is 3. The Bertz CT molecular complexity index is 751. The minimum absolute atomic E-state index is 0.753. The molecule has 0 aliphatic carbocycles. The third-order valence-electron chi connectivity index (χ3n) is 3.47. The molecule has 1 nitrogen and oxygen atoms in total. The molecule has 0 aliphatic rings. The van der Waals surface area contributed by atoms with Gasteiger partial charge in [0.15, 0.2) is 0 Å². The lowest BCUT2D eigenvalue weighted by Crippen LogP contribution is -1.92. The molecule has 0 saturated heterocycles. The monoisotopic (exact) mass is 293 g/mol. The molecule has 0 atom stereocenters. The highest BCUT2D eigenvalue weighted by molar-refractivity contribution is 6.30. The Labute approximate surface area is 130 Å². The molecule has 0 unspecified atom stereocenters. The maximum absolute atomic E-state index is 6.11. The molecule has 0 aliphatic heterocycles. The average Bonchev–Trinajstić information content (AvgIpc) is 2.55. The Morgan fingerprint density at radius 3 is 2.29 bits per heavy atom. The first kappa shape index (κ1) is 13.8. The van der Waals surface area contributed by atoms with Crippen molar-refractivity contribution in [1.29, 1.82) is 0 Å². The average molecular weight is 294 g/mol. The van der Waals surface area contributed by atoms with Crippen molar-refractivity contribution >= 4 is 11.6 Å². The van der Waals surface area contributed by atoms with E-state index in [0.717, 1.165) is 39.5 Å². The van der Waals surface area contributed by atoms with Gasteiger partial charge in [-0.2, -0.15) is 0 Å². The topological polar surface area (TPSA) is 12.9 Å². The fraction of sp³-hybridized carbons (Fsp3) is 0.105. The number of nitrogens with zero attached hydrogens (tertiary/aromatic N) is 1. The maximum Gasteiger partial charge on any atom is 0.0711 e. The van der Waals surface area contributed by atoms with Gasteiger partial charge in [-0.25, -0.2) is 0 Å². The molecule has 0 radical (unpaired) electrons. The van der Waals surface area contributed by atoms with Crippen LogP contribution < -0.4 is 0 Å². The van der Waals surface area contributed by atoms with Gasteiger partial charge in [-0.15, -0.1) is 0 Å². The van der Waals surface area contributed by atoms with Crippen molar-refractivity contribution in [3.8, 4) is 22.4 Å². The van der Waals surface area contributed by atoms with Crippen LogP contribution in [0.15, 0.2) is 66.7 Å². The first-order valence-corrected chi connectivity index (χ1v) is 7.46. The summed E-state index contributed by atoms with van der Waals surface area (Å²) < 4.78 is 0. The van der Waals surface area contributed by atoms with Crippen LogP contribution in [0, 0.1) is 0 Å². The molecule has 3 rings (SSSR count). The lowest BCUT2D eigenvalue weighted by Gasteiger charge is -2.09. The van der Waals surface area contributed by atoms with Crippen LogP contribution in [-0.2, 0) is 6.42 Å². The standard InChI is InChI=1S/C19H16ClN/c1-2-18-12-16(15-9-6-10-17(20)11-15)13-19(21-18)14-7-4-3-5-8-14/h3-13H,2H2,1H3. The van der Waals surface area contributed by atoms with Crippen molar-refractivity contribution in [2.24, 2.45) is 0 Å². The van der Waals surface area contributed by atoms with Crippen molar-refractivity contribution in [2.45, 2.75) is 13.3 Å². The number of halogens is 1. The molecule has 0 spiro atoms. The van der Waals surface area contributed by atoms with Gasteiger partial charge in [-0.1, -0.05) is 61.0 Å². The zero-order valence-corrected chi connectivity index (χ0v) is 12.6. The van der Waals surface area contributed by atoms with Gasteiger partial charge >= 0.3 is 0 Å². The van der Waals surface area contributed by atoms with Gasteiger partial charge in [0.2, 0.25) is 0 Å². The largest absolute Gasteiger partial charge is 0.253 e. The fourth-order valence-corrected chi connectivity index (χ4v) is 2.55. The third kappa shape index (κ3) is 3.14. The Balaban J connectivity index is 2.14. The van der Waals surface area contributed by atoms with Gasteiger partial charge in [-0.3, -0.25) is 4.98 Å². The lowest BCUT2D eigenvalue weighted by atomic mass is 10.0. The molecule has 0 N–H and O–H groups in total. The van der Waals surface area contributed by atoms with Crippen LogP contribution in [0.25, 0.3) is 22.4 Å². The highest BCUT2D eigenvalue weighted by Crippen LogP contribution is 2.27. The van der Waals surface area contributed by atoms with Crippen LogP contribution in [-0.4, -0.2) is 4.98 Å². The number of pyridine rings is 1. The van der Waals surface area contributed by atoms with Gasteiger partial charge in [0.05, 0.1) is 5.69 Å². The number of hydrogen-bond acceptors (Lipinski definition) is 1. The second-order valence-electron chi connectivity index (χ2n) is 4.96. The van der Waals surface area contributed by atoms with E-state index >= 15 is 0 Å². The van der Waals surface area contributed by atoms with Gasteiger partial charge in [-0.05, 0) is 41.8 Å². The van der Waals surface area contributed by atoms with Gasteiger partial charge in [0.25, 0.3) is 0 Å². The van der Waals surface area contributed by atoms with Gasteiger partial charge < -0.3 is 0 Å². The molecule has 2 heteroatoms. The van der Waals surface area contributed by atoms with E-state index in [2.05, 4.69) is 37.3 Å². The Morgan fingerprint density at radius 2 is 1.57 bits per heavy atom. The van der Waals surface area contributed by atoms with Crippen LogP contribution >= 0.6 is 11.6 Å². The zero-order chi connectivity index (χ0) is 14.7. The molecule has 0 bridgehead atoms. The van der Waals surface area contributed by atoms with E-state index in [-0.39, 0.29) is 0 Å². The smallest absolute Gasteiger partial charge is 0.0711 e. The van der Waals surface area contributed by atoms with Crippen molar-refractivity contribution in [2.75, 3.05) is 0 Å². The number of aryl methyl sites for hydroxylation is 1. The summed E-state index contributed by atoms with van der Waals surface area (Å²) in [7, 11) is 0. The molecular formula is C19H16ClN. The molecule has 0 fully saturated rings. The SMILES string of the molecule is CCc1cc(-c2cccc(Cl)c2)cc(-c2ccccc2)n1. The minimum atomic E-state index is 0.753. The number of hydrogen-bond donors (Lipinski definition) is 0. The summed E-state index contributed by atoms with van der Waals surface area (Å²) in [6.45, 7) is 2.12. The third-order valence-corrected chi connectivity index (χ3v) is 3.70. The van der Waals surface area contributed by atoms with E-state index in [1.54, 1.807) is 0 Å². The summed E-state index contributed by atoms with van der Waals surface area (Å²) in [4.78, 5) is 4.74. The van der Waals surface area contributed by atoms with Crippen LogP contribution in [0.4, 0.5) is 0 Å². The summed E-state index contributed by atoms with van der Waals surface area (Å²) in [5, 5.41) is 0.753. The molecule has 1 aromatic heterocycles. The molecule has 0 amide bonds. The summed E-state index contributed by atoms with van der Waals surface area (Å²) >= 11 is 6.11. The quantitative estimate of drug-likeness (QED) is 0.610. The molecule has 2 aromatic carbocycles. The van der Waals surface area contributed by atoms with E-state index in [9.17, 15) is 0 Å². The van der Waals surface area contributed by atoms with E-state index in [1.165, 1.54) is 0 Å². The maximum atomic E-state index is 6.11. The van der Waals surface area contributed by atoms with E-state index < -0.39 is 0 Å². The zero-order valence-electron chi connectivity index (χ0n) is 11.9. The van der Waals surface area contributed by atoms with Gasteiger partial charge in [0, 0.05) is 16.3 Å². The molecule has 3 aromatic rings. The van der Waals surface area contributed by atoms with Crippen LogP contribution in [0.2, 0.25) is 5.02 Å². The number of benzene rings is 2. The first-order valence-electron chi connectivity index (χ1n) is 7.08. The van der Waals surface area contributed by atoms with E-state index in [0.29, 0.717) is 0 Å². The van der Waals surface area contributed by atoms with Crippen LogP contribution in [0.3, 0.4) is 0 Å². The summed E-state index contributed by atoms with van der Waals surface area (Å²) in [6, 6.07) is 22.5. The van der Waals surface area contributed by atoms with E-state index in [4.69, 9.17) is 16.6 Å². The van der Waals surface area contributed by atoms with Crippen molar-refractivity contribution in [3.05, 3.63) is 77.4 Å². The van der Waals surface area contributed by atoms with Crippen molar-refractivity contribution in [1.82, 2.24) is 4.98 Å². The molecule has 21 heavy (non-hydrogen) atoms. The predicted octanol–water partition coefficient (Wildman–Crippen LogP) is 5.63. The summed E-state index contributed by atoms with van der Waals surface area (Å²) in [5.74, 6) is 0. The van der Waals surface area contributed by atoms with Crippen LogP contribution in [0.1, 0.15) is 12.6 Å². The highest BCUT2D eigenvalue weighted by atomic mass is 35.5. The first-order chi connectivity index (χ1) is 10.3. The van der Waals surface area contributed by atoms with Crippen LogP contribution in [0.5, 0.6) is 0 Å². The molecular weight excluding hydrogens is 278 g/mol. The predicted molar refractivity (Wildman–Crippen MR) is 89.5 cm³/mol. The summed E-state index contributed by atoms with van der Waals surface area (Å²) in [6.07, 6.45) is 0.911. The second-order valence-corrected chi connectivity index (χ2v) is 5.40. The molecule has 1 heterocycles. The second kappa shape index (κ2) is 6.11. The van der Waals surface area contributed by atoms with Crippen molar-refractivity contribution < 1.29 is 0 Å². The Morgan fingerprint density at radius 1 is 0.810 bits per heavy atom. The Hall–Kier alpha value is -2.12. The normalized spacial score (nSPS) is 10.6. The minimum Gasteiger partial charge on any atom is -0.253 e. The number of aromatic nitrogens is 1. The fourth-order valence-electron chi connectivity index (χ4n) is 2.36. The Kier molecular flexibility index (Phi) is 4.03. The van der Waals surface area contributed by atoms with Gasteiger partial charge in [0.1, 0.15) is 0 Å². The lowest BCUT2D eigenvalue weighted by molar-refractivity contribution is 1.04. The van der Waals surface area contributed by atoms with Crippen molar-refractivity contribution in [3.63, 3.8) is 0 Å². The summed E-state index contributed by atoms with van der Waals surface area (Å²) in [5.41, 5.74) is 5.51. The highest BCUT2D eigenvalue weighted by Gasteiger charge is 2.06. The molecule has 0 saturated carbocycles. The molecule has 104 valence electrons. The van der Waals surface area contributed by atoms with E-state index in [1.807, 2.05) is 36.4 Å².